The van der Waals surface area contributed by atoms with Gasteiger partial charge in [-0.25, -0.2) is 9.78 Å². The van der Waals surface area contributed by atoms with Crippen molar-refractivity contribution in [1.29, 1.82) is 0 Å². The van der Waals surface area contributed by atoms with Crippen LogP contribution in [0.15, 0.2) is 47.5 Å². The molecule has 0 saturated carbocycles. The molecule has 4 aromatic rings. The molecule has 4 heterocycles. The molecule has 0 aliphatic heterocycles. The number of aromatic nitrogens is 6. The van der Waals surface area contributed by atoms with E-state index in [2.05, 4.69) is 34.8 Å². The topological polar surface area (TPSA) is 131 Å². The molecular weight excluding hydrogens is 439 g/mol. The molecule has 1 N–H and O–H groups in total. The lowest BCUT2D eigenvalue weighted by Gasteiger charge is -2.21. The van der Waals surface area contributed by atoms with Crippen molar-refractivity contribution < 1.29 is 27.6 Å². The van der Waals surface area contributed by atoms with E-state index in [9.17, 15) is 23.1 Å². The zero-order valence-corrected chi connectivity index (χ0v) is 16.0. The van der Waals surface area contributed by atoms with Gasteiger partial charge in [-0.15, -0.1) is 16.4 Å². The Morgan fingerprint density at radius 1 is 1.19 bits per heavy atom. The van der Waals surface area contributed by atoms with Crippen LogP contribution in [0.2, 0.25) is 0 Å². The third-order valence-electron chi connectivity index (χ3n) is 3.86. The standard InChI is InChI=1S/C17H10F3N7O3S/c18-17(19,20)16-24-14(26-30-16)11-2-1-10(31-11)8-27(13-7-21-3-4-22-13)12-5-9(15(28)29)6-23-25-12/h1-7H,8H2,(H,28,29). The predicted octanol–water partition coefficient (Wildman–Crippen LogP) is 3.43. The molecule has 31 heavy (non-hydrogen) atoms. The molecule has 0 spiro atoms. The Kier molecular flexibility index (Phi) is 5.29. The van der Waals surface area contributed by atoms with E-state index in [1.807, 2.05) is 0 Å². The lowest BCUT2D eigenvalue weighted by atomic mass is 10.3. The second-order valence-corrected chi connectivity index (χ2v) is 7.11. The van der Waals surface area contributed by atoms with Crippen molar-refractivity contribution in [1.82, 2.24) is 30.3 Å². The van der Waals surface area contributed by atoms with Crippen LogP contribution < -0.4 is 4.90 Å². The molecule has 14 heteroatoms. The number of rotatable bonds is 6. The largest absolute Gasteiger partial charge is 0.478 e. The van der Waals surface area contributed by atoms with Crippen molar-refractivity contribution in [3.63, 3.8) is 0 Å². The normalized spacial score (nSPS) is 11.5. The van der Waals surface area contributed by atoms with Gasteiger partial charge >= 0.3 is 18.0 Å². The quantitative estimate of drug-likeness (QED) is 0.467. The number of aromatic carboxylic acids is 1. The van der Waals surface area contributed by atoms with E-state index in [1.165, 1.54) is 24.7 Å². The molecule has 0 aromatic carbocycles. The van der Waals surface area contributed by atoms with Gasteiger partial charge in [-0.3, -0.25) is 4.98 Å². The van der Waals surface area contributed by atoms with Crippen molar-refractivity contribution in [2.24, 2.45) is 0 Å². The highest BCUT2D eigenvalue weighted by Crippen LogP contribution is 2.33. The number of halogens is 3. The molecule has 0 atom stereocenters. The predicted molar refractivity (Wildman–Crippen MR) is 99.5 cm³/mol. The maximum Gasteiger partial charge on any atom is 0.471 e. The summed E-state index contributed by atoms with van der Waals surface area (Å²) in [6.45, 7) is 0.158. The number of thiophene rings is 1. The Hall–Kier alpha value is -3.94. The molecule has 0 fully saturated rings. The summed E-state index contributed by atoms with van der Waals surface area (Å²) in [5.74, 6) is -2.23. The molecule has 4 aromatic heterocycles. The fourth-order valence-corrected chi connectivity index (χ4v) is 3.41. The third-order valence-corrected chi connectivity index (χ3v) is 4.92. The first-order valence-electron chi connectivity index (χ1n) is 8.41. The minimum absolute atomic E-state index is 0.0720. The van der Waals surface area contributed by atoms with Crippen LogP contribution in [0.1, 0.15) is 21.1 Å². The van der Waals surface area contributed by atoms with Gasteiger partial charge in [0.1, 0.15) is 0 Å². The molecule has 158 valence electrons. The summed E-state index contributed by atoms with van der Waals surface area (Å²) in [7, 11) is 0. The summed E-state index contributed by atoms with van der Waals surface area (Å²) in [6.07, 6.45) is 0.756. The highest BCUT2D eigenvalue weighted by molar-refractivity contribution is 7.15. The molecule has 4 rings (SSSR count). The first-order valence-corrected chi connectivity index (χ1v) is 9.22. The van der Waals surface area contributed by atoms with E-state index in [0.29, 0.717) is 15.6 Å². The van der Waals surface area contributed by atoms with Gasteiger partial charge in [-0.1, -0.05) is 5.16 Å². The highest BCUT2D eigenvalue weighted by Gasteiger charge is 2.38. The Morgan fingerprint density at radius 2 is 2.03 bits per heavy atom. The zero-order chi connectivity index (χ0) is 22.0. The number of alkyl halides is 3. The Morgan fingerprint density at radius 3 is 2.71 bits per heavy atom. The van der Waals surface area contributed by atoms with Crippen molar-refractivity contribution >= 4 is 28.9 Å². The van der Waals surface area contributed by atoms with Gasteiger partial charge < -0.3 is 14.5 Å². The van der Waals surface area contributed by atoms with Crippen molar-refractivity contribution in [2.45, 2.75) is 12.7 Å². The lowest BCUT2D eigenvalue weighted by Crippen LogP contribution is -2.19. The molecule has 0 radical (unpaired) electrons. The Labute approximate surface area is 175 Å². The molecule has 0 saturated heterocycles. The van der Waals surface area contributed by atoms with E-state index in [4.69, 9.17) is 0 Å². The molecule has 0 aliphatic rings. The molecular formula is C17H10F3N7O3S. The van der Waals surface area contributed by atoms with Gasteiger partial charge in [0.05, 0.1) is 29.4 Å². The molecule has 0 bridgehead atoms. The van der Waals surface area contributed by atoms with Gasteiger partial charge in [0.25, 0.3) is 0 Å². The van der Waals surface area contributed by atoms with Gasteiger partial charge in [-0.05, 0) is 18.2 Å². The Balaban J connectivity index is 1.65. The van der Waals surface area contributed by atoms with Crippen LogP contribution in [0.25, 0.3) is 10.7 Å². The molecule has 0 amide bonds. The van der Waals surface area contributed by atoms with Crippen molar-refractivity contribution in [2.75, 3.05) is 4.90 Å². The van der Waals surface area contributed by atoms with Crippen molar-refractivity contribution in [3.05, 3.63) is 59.3 Å². The number of hydrogen-bond acceptors (Lipinski definition) is 10. The fraction of sp³-hybridized carbons (Fsp3) is 0.118. The number of nitrogens with zero attached hydrogens (tertiary/aromatic N) is 7. The second kappa shape index (κ2) is 8.06. The van der Waals surface area contributed by atoms with Gasteiger partial charge in [0, 0.05) is 17.3 Å². The number of carboxylic acids is 1. The lowest BCUT2D eigenvalue weighted by molar-refractivity contribution is -0.159. The van der Waals surface area contributed by atoms with E-state index in [1.54, 1.807) is 17.0 Å². The minimum atomic E-state index is -4.73. The van der Waals surface area contributed by atoms with Crippen LogP contribution in [0.4, 0.5) is 24.8 Å². The third kappa shape index (κ3) is 4.48. The summed E-state index contributed by atoms with van der Waals surface area (Å²) in [5.41, 5.74) is -0.0720. The first kappa shape index (κ1) is 20.3. The summed E-state index contributed by atoms with van der Waals surface area (Å²) in [5, 5.41) is 20.3. The van der Waals surface area contributed by atoms with E-state index in [0.717, 1.165) is 17.5 Å². The van der Waals surface area contributed by atoms with Crippen LogP contribution in [0.3, 0.4) is 0 Å². The minimum Gasteiger partial charge on any atom is -0.478 e. The second-order valence-electron chi connectivity index (χ2n) is 5.94. The number of anilines is 2. The molecule has 0 aliphatic carbocycles. The molecule has 10 nitrogen and oxygen atoms in total. The smallest absolute Gasteiger partial charge is 0.471 e. The maximum absolute atomic E-state index is 12.7. The van der Waals surface area contributed by atoms with Gasteiger partial charge in [-0.2, -0.15) is 23.3 Å². The average molecular weight is 449 g/mol. The van der Waals surface area contributed by atoms with Crippen LogP contribution in [-0.2, 0) is 12.7 Å². The van der Waals surface area contributed by atoms with Crippen LogP contribution in [0.5, 0.6) is 0 Å². The summed E-state index contributed by atoms with van der Waals surface area (Å²) < 4.78 is 42.3. The first-order chi connectivity index (χ1) is 14.8. The van der Waals surface area contributed by atoms with Crippen molar-refractivity contribution in [3.8, 4) is 10.7 Å². The monoisotopic (exact) mass is 449 g/mol. The Bertz CT molecular complexity index is 1210. The van der Waals surface area contributed by atoms with Crippen LogP contribution >= 0.6 is 11.3 Å². The highest BCUT2D eigenvalue weighted by atomic mass is 32.1. The fourth-order valence-electron chi connectivity index (χ4n) is 2.49. The van der Waals surface area contributed by atoms with Gasteiger partial charge in [0.2, 0.25) is 5.82 Å². The van der Waals surface area contributed by atoms with Crippen LogP contribution in [-0.4, -0.2) is 41.4 Å². The summed E-state index contributed by atoms with van der Waals surface area (Å²) in [6, 6.07) is 4.55. The number of carbonyl (C=O) groups is 1. The maximum atomic E-state index is 12.7. The summed E-state index contributed by atoms with van der Waals surface area (Å²) in [4.78, 5) is 25.5. The van der Waals surface area contributed by atoms with Crippen LogP contribution in [0, 0.1) is 0 Å². The SMILES string of the molecule is O=C(O)c1cnnc(N(Cc2ccc(-c3noc(C(F)(F)F)n3)s2)c2cnccn2)c1. The molecule has 0 unspecified atom stereocenters. The average Bonchev–Trinajstić information content (AvgIpc) is 3.42. The van der Waals surface area contributed by atoms with E-state index < -0.39 is 18.0 Å². The number of carboxylic acid groups (broad SMARTS) is 1. The van der Waals surface area contributed by atoms with Gasteiger partial charge in [0.15, 0.2) is 11.6 Å². The zero-order valence-electron chi connectivity index (χ0n) is 15.2. The number of hydrogen-bond donors (Lipinski definition) is 1. The van der Waals surface area contributed by atoms with E-state index in [-0.39, 0.29) is 23.8 Å². The van der Waals surface area contributed by atoms with E-state index >= 15 is 0 Å². The summed E-state index contributed by atoms with van der Waals surface area (Å²) >= 11 is 1.13.